The van der Waals surface area contributed by atoms with Crippen LogP contribution in [-0.4, -0.2) is 36.7 Å². The van der Waals surface area contributed by atoms with Crippen LogP contribution in [0.2, 0.25) is 0 Å². The Kier molecular flexibility index (Phi) is 8.50. The predicted molar refractivity (Wildman–Crippen MR) is 170 cm³/mol. The number of para-hydroxylation sites is 1. The van der Waals surface area contributed by atoms with Gasteiger partial charge in [-0.25, -0.2) is 9.78 Å². The molecule has 1 aromatic carbocycles. The van der Waals surface area contributed by atoms with Crippen LogP contribution in [0.1, 0.15) is 93.9 Å². The molecule has 228 valence electrons. The Morgan fingerprint density at radius 3 is 2.56 bits per heavy atom. The van der Waals surface area contributed by atoms with Crippen molar-refractivity contribution in [3.05, 3.63) is 88.2 Å². The van der Waals surface area contributed by atoms with Gasteiger partial charge in [0.05, 0.1) is 11.1 Å². The van der Waals surface area contributed by atoms with Gasteiger partial charge in [-0.1, -0.05) is 52.8 Å². The second kappa shape index (κ2) is 12.0. The summed E-state index contributed by atoms with van der Waals surface area (Å²) in [5.41, 5.74) is 3.97. The van der Waals surface area contributed by atoms with Gasteiger partial charge in [-0.15, -0.1) is 0 Å². The molecule has 0 saturated heterocycles. The molecule has 2 N–H and O–H groups in total. The second-order valence-corrected chi connectivity index (χ2v) is 14.1. The first-order valence-corrected chi connectivity index (χ1v) is 15.4. The summed E-state index contributed by atoms with van der Waals surface area (Å²) in [6.07, 6.45) is 5.58. The van der Waals surface area contributed by atoms with Gasteiger partial charge >= 0.3 is 5.69 Å². The largest absolute Gasteiger partial charge is 0.507 e. The molecule has 3 heterocycles. The van der Waals surface area contributed by atoms with Gasteiger partial charge in [-0.2, -0.15) is 0 Å². The van der Waals surface area contributed by atoms with Crippen molar-refractivity contribution in [1.29, 1.82) is 0 Å². The number of rotatable bonds is 8. The van der Waals surface area contributed by atoms with Crippen LogP contribution < -0.4 is 11.0 Å². The number of aryl methyl sites for hydroxylation is 1. The molecule has 0 bridgehead atoms. The fourth-order valence-corrected chi connectivity index (χ4v) is 6.85. The normalized spacial score (nSPS) is 19.3. The molecule has 3 atom stereocenters. The van der Waals surface area contributed by atoms with Crippen molar-refractivity contribution in [3.63, 3.8) is 0 Å². The molecule has 1 aliphatic rings. The van der Waals surface area contributed by atoms with E-state index in [0.717, 1.165) is 48.2 Å². The quantitative estimate of drug-likeness (QED) is 0.250. The summed E-state index contributed by atoms with van der Waals surface area (Å²) in [7, 11) is 1.81. The Hall–Kier alpha value is -3.94. The van der Waals surface area contributed by atoms with E-state index < -0.39 is 0 Å². The van der Waals surface area contributed by atoms with E-state index >= 15 is 0 Å². The molecule has 0 spiro atoms. The highest BCUT2D eigenvalue weighted by Gasteiger charge is 2.42. The lowest BCUT2D eigenvalue weighted by atomic mass is 9.59. The number of imidazole rings is 1. The summed E-state index contributed by atoms with van der Waals surface area (Å²) >= 11 is 0. The smallest absolute Gasteiger partial charge is 0.330 e. The number of nitrogens with one attached hydrogen (secondary N) is 1. The minimum atomic E-state index is -0.278. The fraction of sp³-hybridized carbons (Fsp3) is 0.486. The molecule has 1 saturated carbocycles. The first kappa shape index (κ1) is 30.5. The fourth-order valence-electron chi connectivity index (χ4n) is 6.85. The van der Waals surface area contributed by atoms with Gasteiger partial charge in [0, 0.05) is 49.6 Å². The molecule has 1 amide bonds. The molecule has 3 aromatic heterocycles. The maximum absolute atomic E-state index is 13.1. The molecule has 1 aliphatic carbocycles. The number of carbonyl (C=O) groups excluding carboxylic acids is 1. The van der Waals surface area contributed by atoms with Crippen molar-refractivity contribution in [1.82, 2.24) is 24.4 Å². The molecular formula is C35H45N5O3. The van der Waals surface area contributed by atoms with E-state index in [1.54, 1.807) is 22.8 Å². The Morgan fingerprint density at radius 1 is 1.12 bits per heavy atom. The lowest BCUT2D eigenvalue weighted by Gasteiger charge is -2.46. The van der Waals surface area contributed by atoms with Crippen molar-refractivity contribution in [2.75, 3.05) is 6.54 Å². The number of carbonyl (C=O) groups is 1. The predicted octanol–water partition coefficient (Wildman–Crippen LogP) is 6.40. The van der Waals surface area contributed by atoms with Crippen LogP contribution in [0.4, 0.5) is 0 Å². The van der Waals surface area contributed by atoms with Crippen LogP contribution in [0.3, 0.4) is 0 Å². The second-order valence-electron chi connectivity index (χ2n) is 14.1. The zero-order chi connectivity index (χ0) is 30.9. The molecule has 0 radical (unpaired) electrons. The third-order valence-corrected chi connectivity index (χ3v) is 9.18. The first-order valence-electron chi connectivity index (χ1n) is 15.4. The van der Waals surface area contributed by atoms with E-state index in [4.69, 9.17) is 9.97 Å². The maximum atomic E-state index is 13.1. The van der Waals surface area contributed by atoms with Crippen LogP contribution in [0, 0.1) is 16.7 Å². The Balaban J connectivity index is 1.41. The number of aromatic nitrogens is 4. The lowest BCUT2D eigenvalue weighted by Crippen LogP contribution is -2.37. The molecular weight excluding hydrogens is 538 g/mol. The number of benzene rings is 1. The van der Waals surface area contributed by atoms with Crippen LogP contribution in [-0.2, 0) is 13.6 Å². The third kappa shape index (κ3) is 6.53. The number of phenolic OH excluding ortho intramolecular Hbond substituents is 1. The summed E-state index contributed by atoms with van der Waals surface area (Å²) in [6.45, 7) is 12.2. The van der Waals surface area contributed by atoms with Crippen LogP contribution in [0.15, 0.2) is 65.6 Å². The van der Waals surface area contributed by atoms with Crippen molar-refractivity contribution >= 4 is 17.1 Å². The number of aromatic hydroxyl groups is 1. The molecule has 3 unspecified atom stereocenters. The van der Waals surface area contributed by atoms with E-state index in [0.29, 0.717) is 19.0 Å². The van der Waals surface area contributed by atoms with Crippen molar-refractivity contribution in [2.24, 2.45) is 23.8 Å². The summed E-state index contributed by atoms with van der Waals surface area (Å²) in [6, 6.07) is 16.9. The zero-order valence-corrected chi connectivity index (χ0v) is 26.3. The van der Waals surface area contributed by atoms with Crippen LogP contribution >= 0.6 is 0 Å². The number of pyridine rings is 2. The molecule has 43 heavy (non-hydrogen) atoms. The average Bonchev–Trinajstić information content (AvgIpc) is 3.19. The van der Waals surface area contributed by atoms with Gasteiger partial charge in [-0.05, 0) is 78.8 Å². The van der Waals surface area contributed by atoms with E-state index in [9.17, 15) is 14.7 Å². The van der Waals surface area contributed by atoms with Gasteiger partial charge in [0.25, 0.3) is 5.91 Å². The Bertz CT molecular complexity index is 1650. The number of phenols is 1. The van der Waals surface area contributed by atoms with Gasteiger partial charge in [0.1, 0.15) is 5.75 Å². The Morgan fingerprint density at radius 2 is 1.86 bits per heavy atom. The van der Waals surface area contributed by atoms with E-state index in [1.807, 2.05) is 29.9 Å². The topological polar surface area (TPSA) is 102 Å². The monoisotopic (exact) mass is 583 g/mol. The van der Waals surface area contributed by atoms with Crippen molar-refractivity contribution < 1.29 is 9.90 Å². The number of nitrogens with zero attached hydrogens (tertiary/aromatic N) is 4. The molecule has 4 aromatic rings. The van der Waals surface area contributed by atoms with E-state index in [-0.39, 0.29) is 45.6 Å². The summed E-state index contributed by atoms with van der Waals surface area (Å²) in [5.74, 6) is 0.388. The summed E-state index contributed by atoms with van der Waals surface area (Å²) < 4.78 is 3.53. The number of fused-ring (bicyclic) bond motifs is 1. The number of hydrogen-bond donors (Lipinski definition) is 2. The van der Waals surface area contributed by atoms with Gasteiger partial charge in [0.15, 0.2) is 5.65 Å². The van der Waals surface area contributed by atoms with Gasteiger partial charge in [0.2, 0.25) is 0 Å². The highest BCUT2D eigenvalue weighted by Crippen LogP contribution is 2.52. The Labute approximate surface area is 254 Å². The summed E-state index contributed by atoms with van der Waals surface area (Å²) in [4.78, 5) is 35.8. The maximum Gasteiger partial charge on any atom is 0.330 e. The van der Waals surface area contributed by atoms with Gasteiger partial charge < -0.3 is 10.4 Å². The molecule has 5 rings (SSSR count). The minimum Gasteiger partial charge on any atom is -0.507 e. The van der Waals surface area contributed by atoms with Crippen molar-refractivity contribution in [3.8, 4) is 5.75 Å². The van der Waals surface area contributed by atoms with E-state index in [1.165, 1.54) is 6.07 Å². The lowest BCUT2D eigenvalue weighted by molar-refractivity contribution is 0.0881. The molecule has 1 fully saturated rings. The molecule has 0 aliphatic heterocycles. The SMILES string of the molecule is Cn1c(=O)n(CC(C)(C)C)c2ccc(C3CCC(C)(C)C(C(CCNC(=O)c4ccccc4O)c4ccccn4)C3)nc21. The molecule has 8 heteroatoms. The standard InChI is InChI=1S/C35H45N5O3/c1-34(2,3)22-40-29-15-14-27(38-31(29)39(6)33(40)43)23-16-18-35(4,5)26(21-23)24(28-12-9-10-19-36-28)17-20-37-32(42)25-11-7-8-13-30(25)41/h7-15,19,23-24,26,41H,16-18,20-22H2,1-6H3,(H,37,42). The highest BCUT2D eigenvalue weighted by molar-refractivity contribution is 5.96. The summed E-state index contributed by atoms with van der Waals surface area (Å²) in [5, 5.41) is 13.2. The average molecular weight is 584 g/mol. The van der Waals surface area contributed by atoms with E-state index in [2.05, 4.69) is 58.1 Å². The van der Waals surface area contributed by atoms with Gasteiger partial charge in [-0.3, -0.25) is 18.9 Å². The number of hydrogen-bond acceptors (Lipinski definition) is 5. The van der Waals surface area contributed by atoms with Crippen molar-refractivity contribution in [2.45, 2.75) is 78.7 Å². The minimum absolute atomic E-state index is 0.0201. The van der Waals surface area contributed by atoms with Crippen LogP contribution in [0.5, 0.6) is 5.75 Å². The number of amides is 1. The van der Waals surface area contributed by atoms with Crippen LogP contribution in [0.25, 0.3) is 11.2 Å². The molecule has 8 nitrogen and oxygen atoms in total. The first-order chi connectivity index (χ1) is 20.4. The third-order valence-electron chi connectivity index (χ3n) is 9.18. The highest BCUT2D eigenvalue weighted by atomic mass is 16.3. The zero-order valence-electron chi connectivity index (χ0n) is 26.3.